The number of ether oxygens (including phenoxy) is 1. The maximum Gasteiger partial charge on any atom is 0.291 e. The number of fused-ring (bicyclic) bond motifs is 1. The van der Waals surface area contributed by atoms with E-state index in [0.29, 0.717) is 28.9 Å². The minimum atomic E-state index is -0.175. The molecule has 0 saturated heterocycles. The van der Waals surface area contributed by atoms with Crippen LogP contribution in [0.3, 0.4) is 0 Å². The molecule has 3 rings (SSSR count). The average Bonchev–Trinajstić information content (AvgIpc) is 2.86. The van der Waals surface area contributed by atoms with Gasteiger partial charge in [-0.1, -0.05) is 37.1 Å². The first-order chi connectivity index (χ1) is 11.1. The van der Waals surface area contributed by atoms with E-state index in [2.05, 4.69) is 46.8 Å². The highest BCUT2D eigenvalue weighted by atomic mass is 16.6. The van der Waals surface area contributed by atoms with E-state index in [4.69, 9.17) is 9.15 Å². The fourth-order valence-corrected chi connectivity index (χ4v) is 5.21. The van der Waals surface area contributed by atoms with Gasteiger partial charge in [0.05, 0.1) is 12.7 Å². The Bertz CT molecular complexity index is 826. The Morgan fingerprint density at radius 2 is 1.88 bits per heavy atom. The maximum absolute atomic E-state index is 12.6. The van der Waals surface area contributed by atoms with E-state index in [0.717, 1.165) is 5.76 Å². The van der Waals surface area contributed by atoms with E-state index in [9.17, 15) is 4.79 Å². The van der Waals surface area contributed by atoms with Crippen LogP contribution >= 0.6 is 0 Å². The van der Waals surface area contributed by atoms with Gasteiger partial charge in [0.2, 0.25) is 0 Å². The molecule has 0 radical (unpaired) electrons. The van der Waals surface area contributed by atoms with Gasteiger partial charge in [0, 0.05) is 22.3 Å². The number of allylic oxidation sites excluding steroid dienone is 4. The Morgan fingerprint density at radius 3 is 2.42 bits per heavy atom. The Balaban J connectivity index is 2.19. The molecule has 0 aromatic carbocycles. The molecule has 0 bridgehead atoms. The summed E-state index contributed by atoms with van der Waals surface area (Å²) < 4.78 is 11.4. The van der Waals surface area contributed by atoms with Gasteiger partial charge >= 0.3 is 0 Å². The third-order valence-electron chi connectivity index (χ3n) is 6.78. The summed E-state index contributed by atoms with van der Waals surface area (Å²) in [5.41, 5.74) is 3.96. The van der Waals surface area contributed by atoms with Crippen molar-refractivity contribution in [1.29, 1.82) is 0 Å². The molecule has 2 unspecified atom stereocenters. The zero-order valence-electron chi connectivity index (χ0n) is 16.0. The molecule has 0 spiro atoms. The van der Waals surface area contributed by atoms with Crippen molar-refractivity contribution in [2.45, 2.75) is 53.9 Å². The van der Waals surface area contributed by atoms with E-state index >= 15 is 0 Å². The van der Waals surface area contributed by atoms with E-state index < -0.39 is 0 Å². The molecular formula is C21H28O3. The second kappa shape index (κ2) is 5.11. The molecule has 2 aliphatic carbocycles. The average molecular weight is 328 g/mol. The van der Waals surface area contributed by atoms with Gasteiger partial charge in [0.15, 0.2) is 5.43 Å². The van der Waals surface area contributed by atoms with E-state index in [1.54, 1.807) is 14.0 Å². The van der Waals surface area contributed by atoms with Gasteiger partial charge in [0.1, 0.15) is 5.76 Å². The Morgan fingerprint density at radius 1 is 1.25 bits per heavy atom. The summed E-state index contributed by atoms with van der Waals surface area (Å²) in [5.74, 6) is 1.98. The van der Waals surface area contributed by atoms with E-state index in [1.165, 1.54) is 11.1 Å². The van der Waals surface area contributed by atoms with Crippen LogP contribution in [0.1, 0.15) is 51.5 Å². The quantitative estimate of drug-likeness (QED) is 0.755. The number of hydrogen-bond acceptors (Lipinski definition) is 3. The molecule has 3 heteroatoms. The SMILES string of the molecule is C/C=C(\C)[C@H]1C(C)=C[C@@]2(C)C1C2(C)c1oc(OC)c(C)c(=O)c1C. The molecule has 1 aromatic heterocycles. The highest BCUT2D eigenvalue weighted by molar-refractivity contribution is 5.52. The van der Waals surface area contributed by atoms with Crippen molar-refractivity contribution >= 4 is 0 Å². The van der Waals surface area contributed by atoms with E-state index in [-0.39, 0.29) is 16.3 Å². The fourth-order valence-electron chi connectivity index (χ4n) is 5.21. The van der Waals surface area contributed by atoms with Crippen molar-refractivity contribution in [3.63, 3.8) is 0 Å². The topological polar surface area (TPSA) is 39.4 Å². The summed E-state index contributed by atoms with van der Waals surface area (Å²) in [6, 6.07) is 0. The summed E-state index contributed by atoms with van der Waals surface area (Å²) in [6.45, 7) is 14.7. The lowest BCUT2D eigenvalue weighted by Crippen LogP contribution is -2.23. The molecule has 0 amide bonds. The van der Waals surface area contributed by atoms with Crippen LogP contribution in [0.5, 0.6) is 5.95 Å². The predicted octanol–water partition coefficient (Wildman–Crippen LogP) is 4.70. The number of methoxy groups -OCH3 is 1. The Kier molecular flexibility index (Phi) is 3.63. The second-order valence-electron chi connectivity index (χ2n) is 7.86. The predicted molar refractivity (Wildman–Crippen MR) is 96.6 cm³/mol. The standard InChI is InChI=1S/C21H28O3/c1-9-11(2)15-12(3)10-20(6)17(15)21(20,7)18-13(4)16(22)14(5)19(23-8)24-18/h9-10,15,17H,1-8H3/b11-9+/t15-,17?,20-,21?/m0/s1. The molecule has 2 aliphatic rings. The fraction of sp³-hybridized carbons (Fsp3) is 0.571. The third kappa shape index (κ3) is 1.81. The van der Waals surface area contributed by atoms with Gasteiger partial charge in [-0.2, -0.15) is 0 Å². The molecule has 4 atom stereocenters. The summed E-state index contributed by atoms with van der Waals surface area (Å²) in [5, 5.41) is 0. The minimum Gasteiger partial charge on any atom is -0.468 e. The smallest absolute Gasteiger partial charge is 0.291 e. The summed E-state index contributed by atoms with van der Waals surface area (Å²) >= 11 is 0. The van der Waals surface area contributed by atoms with Gasteiger partial charge in [0.25, 0.3) is 5.95 Å². The molecule has 0 aliphatic heterocycles. The van der Waals surface area contributed by atoms with Crippen LogP contribution in [-0.2, 0) is 5.41 Å². The molecule has 1 aromatic rings. The van der Waals surface area contributed by atoms with Gasteiger partial charge < -0.3 is 9.15 Å². The second-order valence-corrected chi connectivity index (χ2v) is 7.86. The van der Waals surface area contributed by atoms with Crippen LogP contribution in [0, 0.1) is 31.1 Å². The van der Waals surface area contributed by atoms with Gasteiger partial charge in [-0.25, -0.2) is 0 Å². The number of rotatable bonds is 3. The van der Waals surface area contributed by atoms with Crippen LogP contribution in [0.4, 0.5) is 0 Å². The Labute approximate surface area is 144 Å². The molecule has 24 heavy (non-hydrogen) atoms. The maximum atomic E-state index is 12.6. The van der Waals surface area contributed by atoms with Crippen LogP contribution in [0.2, 0.25) is 0 Å². The molecule has 1 saturated carbocycles. The monoisotopic (exact) mass is 328 g/mol. The van der Waals surface area contributed by atoms with Crippen molar-refractivity contribution in [2.75, 3.05) is 7.11 Å². The van der Waals surface area contributed by atoms with Crippen molar-refractivity contribution in [3.05, 3.63) is 50.4 Å². The van der Waals surface area contributed by atoms with Crippen molar-refractivity contribution < 1.29 is 9.15 Å². The first-order valence-corrected chi connectivity index (χ1v) is 8.66. The highest BCUT2D eigenvalue weighted by Crippen LogP contribution is 2.78. The van der Waals surface area contributed by atoms with Crippen LogP contribution in [0.25, 0.3) is 0 Å². The molecule has 1 heterocycles. The first-order valence-electron chi connectivity index (χ1n) is 8.66. The summed E-state index contributed by atoms with van der Waals surface area (Å²) in [7, 11) is 1.55. The minimum absolute atomic E-state index is 0.0208. The normalized spacial score (nSPS) is 34.8. The first kappa shape index (κ1) is 17.1. The molecule has 0 N–H and O–H groups in total. The zero-order valence-corrected chi connectivity index (χ0v) is 16.0. The van der Waals surface area contributed by atoms with Crippen LogP contribution in [0.15, 0.2) is 32.5 Å². The summed E-state index contributed by atoms with van der Waals surface area (Å²) in [6.07, 6.45) is 4.59. The lowest BCUT2D eigenvalue weighted by atomic mass is 9.82. The lowest BCUT2D eigenvalue weighted by molar-refractivity contribution is 0.262. The molecular weight excluding hydrogens is 300 g/mol. The Hall–Kier alpha value is -1.77. The zero-order chi connectivity index (χ0) is 18.0. The van der Waals surface area contributed by atoms with Crippen LogP contribution < -0.4 is 10.2 Å². The largest absolute Gasteiger partial charge is 0.468 e. The van der Waals surface area contributed by atoms with Crippen LogP contribution in [-0.4, -0.2) is 7.11 Å². The third-order valence-corrected chi connectivity index (χ3v) is 6.78. The van der Waals surface area contributed by atoms with Crippen molar-refractivity contribution in [3.8, 4) is 5.95 Å². The van der Waals surface area contributed by atoms with Gasteiger partial charge in [-0.15, -0.1) is 0 Å². The number of hydrogen-bond donors (Lipinski definition) is 0. The molecule has 130 valence electrons. The lowest BCUT2D eigenvalue weighted by Gasteiger charge is -2.24. The summed E-state index contributed by atoms with van der Waals surface area (Å²) in [4.78, 5) is 12.6. The highest BCUT2D eigenvalue weighted by Gasteiger charge is 2.77. The molecule has 3 nitrogen and oxygen atoms in total. The van der Waals surface area contributed by atoms with Gasteiger partial charge in [-0.3, -0.25) is 4.79 Å². The van der Waals surface area contributed by atoms with Crippen molar-refractivity contribution in [1.82, 2.24) is 0 Å². The molecule has 1 fully saturated rings. The van der Waals surface area contributed by atoms with Crippen molar-refractivity contribution in [2.24, 2.45) is 17.3 Å². The van der Waals surface area contributed by atoms with Gasteiger partial charge in [-0.05, 0) is 40.5 Å². The van der Waals surface area contributed by atoms with E-state index in [1.807, 2.05) is 6.92 Å².